The molecule has 2 atom stereocenters. The Hall–Kier alpha value is -3.97. The SMILES string of the molecule is C[C@@H](n1cc(-c2ccncc2C#N)cn1)[C@](O)(Cn1cncn1)c1ccc(F)cc1F. The summed E-state index contributed by atoms with van der Waals surface area (Å²) in [4.78, 5) is 7.80. The average Bonchev–Trinajstić information content (AvgIpc) is 3.45. The molecule has 0 amide bonds. The van der Waals surface area contributed by atoms with Crippen molar-refractivity contribution in [2.45, 2.75) is 25.1 Å². The van der Waals surface area contributed by atoms with Crippen molar-refractivity contribution in [2.24, 2.45) is 0 Å². The second kappa shape index (κ2) is 8.04. The van der Waals surface area contributed by atoms with Crippen molar-refractivity contribution in [3.05, 3.63) is 84.5 Å². The van der Waals surface area contributed by atoms with E-state index in [1.807, 2.05) is 0 Å². The van der Waals surface area contributed by atoms with Crippen LogP contribution in [0.4, 0.5) is 8.78 Å². The highest BCUT2D eigenvalue weighted by Gasteiger charge is 2.40. The van der Waals surface area contributed by atoms with Gasteiger partial charge in [0.15, 0.2) is 0 Å². The minimum absolute atomic E-state index is 0.101. The first kappa shape index (κ1) is 20.3. The van der Waals surface area contributed by atoms with Gasteiger partial charge in [0, 0.05) is 41.3 Å². The third kappa shape index (κ3) is 3.78. The average molecular weight is 421 g/mol. The number of pyridine rings is 1. The Morgan fingerprint density at radius 3 is 2.74 bits per heavy atom. The molecular formula is C21H17F2N7O. The van der Waals surface area contributed by atoms with Crippen LogP contribution >= 0.6 is 0 Å². The summed E-state index contributed by atoms with van der Waals surface area (Å²) in [5.74, 6) is -1.64. The number of halogens is 2. The summed E-state index contributed by atoms with van der Waals surface area (Å²) in [7, 11) is 0. The molecule has 0 radical (unpaired) electrons. The lowest BCUT2D eigenvalue weighted by Gasteiger charge is -2.34. The Bertz CT molecular complexity index is 1250. The molecule has 1 N–H and O–H groups in total. The largest absolute Gasteiger partial charge is 0.381 e. The fourth-order valence-electron chi connectivity index (χ4n) is 3.49. The van der Waals surface area contributed by atoms with Crippen molar-refractivity contribution >= 4 is 0 Å². The van der Waals surface area contributed by atoms with E-state index in [-0.39, 0.29) is 12.1 Å². The highest BCUT2D eigenvalue weighted by Crippen LogP contribution is 2.37. The van der Waals surface area contributed by atoms with E-state index in [9.17, 15) is 19.1 Å². The van der Waals surface area contributed by atoms with Crippen LogP contribution in [0.1, 0.15) is 24.1 Å². The van der Waals surface area contributed by atoms with Crippen LogP contribution < -0.4 is 0 Å². The Kier molecular flexibility index (Phi) is 5.27. The number of rotatable bonds is 6. The van der Waals surface area contributed by atoms with Gasteiger partial charge in [0.25, 0.3) is 0 Å². The third-order valence-corrected chi connectivity index (χ3v) is 5.21. The molecule has 10 heteroatoms. The van der Waals surface area contributed by atoms with Gasteiger partial charge < -0.3 is 5.11 Å². The zero-order valence-electron chi connectivity index (χ0n) is 16.4. The third-order valence-electron chi connectivity index (χ3n) is 5.21. The Labute approximate surface area is 176 Å². The summed E-state index contributed by atoms with van der Waals surface area (Å²) in [6.07, 6.45) is 8.89. The zero-order valence-corrected chi connectivity index (χ0v) is 16.4. The van der Waals surface area contributed by atoms with Crippen LogP contribution in [-0.4, -0.2) is 34.6 Å². The van der Waals surface area contributed by atoms with Crippen LogP contribution in [0.3, 0.4) is 0 Å². The first-order valence-corrected chi connectivity index (χ1v) is 9.31. The Balaban J connectivity index is 1.77. The Morgan fingerprint density at radius 1 is 1.19 bits per heavy atom. The highest BCUT2D eigenvalue weighted by molar-refractivity contribution is 5.68. The van der Waals surface area contributed by atoms with E-state index in [4.69, 9.17) is 0 Å². The quantitative estimate of drug-likeness (QED) is 0.513. The lowest BCUT2D eigenvalue weighted by Crippen LogP contribution is -2.40. The van der Waals surface area contributed by atoms with E-state index in [2.05, 4.69) is 26.2 Å². The van der Waals surface area contributed by atoms with Gasteiger partial charge in [0.2, 0.25) is 0 Å². The summed E-state index contributed by atoms with van der Waals surface area (Å²) in [5.41, 5.74) is -0.310. The number of hydrogen-bond acceptors (Lipinski definition) is 6. The van der Waals surface area contributed by atoms with Gasteiger partial charge in [-0.15, -0.1) is 0 Å². The van der Waals surface area contributed by atoms with E-state index in [1.165, 1.54) is 34.3 Å². The summed E-state index contributed by atoms with van der Waals surface area (Å²) in [6.45, 7) is 1.51. The van der Waals surface area contributed by atoms with Gasteiger partial charge in [-0.3, -0.25) is 9.67 Å². The van der Waals surface area contributed by atoms with Crippen LogP contribution in [0.2, 0.25) is 0 Å². The van der Waals surface area contributed by atoms with Crippen LogP contribution in [0.5, 0.6) is 0 Å². The monoisotopic (exact) mass is 421 g/mol. The molecule has 0 spiro atoms. The second-order valence-corrected chi connectivity index (χ2v) is 7.06. The molecular weight excluding hydrogens is 404 g/mol. The van der Waals surface area contributed by atoms with Crippen molar-refractivity contribution in [1.29, 1.82) is 5.26 Å². The molecule has 0 bridgehead atoms. The van der Waals surface area contributed by atoms with E-state index in [1.54, 1.807) is 31.6 Å². The molecule has 31 heavy (non-hydrogen) atoms. The van der Waals surface area contributed by atoms with Crippen molar-refractivity contribution in [1.82, 2.24) is 29.5 Å². The lowest BCUT2D eigenvalue weighted by atomic mass is 9.86. The molecule has 0 aliphatic carbocycles. The van der Waals surface area contributed by atoms with Crippen molar-refractivity contribution < 1.29 is 13.9 Å². The fourth-order valence-corrected chi connectivity index (χ4v) is 3.49. The van der Waals surface area contributed by atoms with Crippen LogP contribution in [0, 0.1) is 23.0 Å². The molecule has 156 valence electrons. The fraction of sp³-hybridized carbons (Fsp3) is 0.190. The van der Waals surface area contributed by atoms with Crippen LogP contribution in [0.15, 0.2) is 61.7 Å². The number of nitrogens with zero attached hydrogens (tertiary/aromatic N) is 7. The van der Waals surface area contributed by atoms with Gasteiger partial charge in [-0.05, 0) is 19.1 Å². The van der Waals surface area contributed by atoms with Gasteiger partial charge >= 0.3 is 0 Å². The normalized spacial score (nSPS) is 14.0. The maximum absolute atomic E-state index is 14.7. The summed E-state index contributed by atoms with van der Waals surface area (Å²) < 4.78 is 31.0. The molecule has 0 fully saturated rings. The molecule has 0 unspecified atom stereocenters. The van der Waals surface area contributed by atoms with E-state index in [0.717, 1.165) is 12.1 Å². The lowest BCUT2D eigenvalue weighted by molar-refractivity contribution is -0.0368. The summed E-state index contributed by atoms with van der Waals surface area (Å²) in [5, 5.41) is 29.3. The van der Waals surface area contributed by atoms with Crippen molar-refractivity contribution in [3.63, 3.8) is 0 Å². The summed E-state index contributed by atoms with van der Waals surface area (Å²) >= 11 is 0. The molecule has 0 saturated heterocycles. The van der Waals surface area contributed by atoms with Crippen LogP contribution in [0.25, 0.3) is 11.1 Å². The van der Waals surface area contributed by atoms with Gasteiger partial charge in [-0.1, -0.05) is 6.07 Å². The van der Waals surface area contributed by atoms with Gasteiger partial charge in [-0.2, -0.15) is 15.5 Å². The van der Waals surface area contributed by atoms with Gasteiger partial charge in [0.05, 0.1) is 24.3 Å². The first-order valence-electron chi connectivity index (χ1n) is 9.31. The van der Waals surface area contributed by atoms with Gasteiger partial charge in [-0.25, -0.2) is 18.4 Å². The van der Waals surface area contributed by atoms with E-state index in [0.29, 0.717) is 16.7 Å². The van der Waals surface area contributed by atoms with Crippen molar-refractivity contribution in [2.75, 3.05) is 0 Å². The molecule has 8 nitrogen and oxygen atoms in total. The standard InChI is InChI=1S/C21H17F2N7O/c1-14(30-10-16(9-27-30)18-4-5-25-8-15(18)7-24)21(31,11-29-13-26-12-28-29)19-3-2-17(22)6-20(19)23/h2-6,8-10,12-14,31H,11H2,1H3/t14-,21-/m1/s1. The smallest absolute Gasteiger partial charge is 0.137 e. The highest BCUT2D eigenvalue weighted by atomic mass is 19.1. The summed E-state index contributed by atoms with van der Waals surface area (Å²) in [6, 6.07) is 5.99. The predicted octanol–water partition coefficient (Wildman–Crippen LogP) is 2.84. The molecule has 0 aliphatic rings. The Morgan fingerprint density at radius 2 is 2.03 bits per heavy atom. The van der Waals surface area contributed by atoms with Gasteiger partial charge in [0.1, 0.15) is 36.0 Å². The molecule has 0 aliphatic heterocycles. The maximum atomic E-state index is 14.7. The number of aliphatic hydroxyl groups is 1. The first-order chi connectivity index (χ1) is 14.9. The number of benzene rings is 1. The molecule has 4 rings (SSSR count). The van der Waals surface area contributed by atoms with Crippen LogP contribution in [-0.2, 0) is 12.1 Å². The molecule has 3 heterocycles. The van der Waals surface area contributed by atoms with E-state index < -0.39 is 23.3 Å². The second-order valence-electron chi connectivity index (χ2n) is 7.06. The molecule has 0 saturated carbocycles. The number of nitriles is 1. The topological polar surface area (TPSA) is 105 Å². The van der Waals surface area contributed by atoms with Crippen molar-refractivity contribution in [3.8, 4) is 17.2 Å². The predicted molar refractivity (Wildman–Crippen MR) is 105 cm³/mol. The minimum atomic E-state index is -1.84. The molecule has 3 aromatic heterocycles. The number of hydrogen-bond donors (Lipinski definition) is 1. The zero-order chi connectivity index (χ0) is 22.0. The maximum Gasteiger partial charge on any atom is 0.137 e. The number of aromatic nitrogens is 6. The minimum Gasteiger partial charge on any atom is -0.381 e. The molecule has 4 aromatic rings. The van der Waals surface area contributed by atoms with E-state index >= 15 is 0 Å². The molecule has 1 aromatic carbocycles.